The maximum absolute atomic E-state index is 9.92. The first-order chi connectivity index (χ1) is 6.33. The minimum Gasteiger partial charge on any atom is -0.397 e. The molecule has 0 aromatic heterocycles. The summed E-state index contributed by atoms with van der Waals surface area (Å²) in [6.07, 6.45) is -0.560. The van der Waals surface area contributed by atoms with Gasteiger partial charge in [0.25, 0.3) is 0 Å². The number of aliphatic hydroxyl groups is 3. The molecule has 0 heterocycles. The zero-order valence-electron chi connectivity index (χ0n) is 9.40. The van der Waals surface area contributed by atoms with Gasteiger partial charge in [-0.15, -0.1) is 0 Å². The molecule has 14 heavy (non-hydrogen) atoms. The van der Waals surface area contributed by atoms with Crippen LogP contribution in [0.15, 0.2) is 0 Å². The van der Waals surface area contributed by atoms with E-state index in [1.54, 1.807) is 20.8 Å². The fourth-order valence-electron chi connectivity index (χ4n) is 0. The van der Waals surface area contributed by atoms with Gasteiger partial charge in [-0.3, -0.25) is 4.79 Å². The summed E-state index contributed by atoms with van der Waals surface area (Å²) in [5, 5.41) is 23.6. The van der Waals surface area contributed by atoms with Crippen LogP contribution in [0, 0.1) is 5.92 Å². The second kappa shape index (κ2) is 14.9. The molecule has 0 aliphatic carbocycles. The number of amides is 1. The zero-order valence-corrected chi connectivity index (χ0v) is 9.40. The predicted molar refractivity (Wildman–Crippen MR) is 55.6 cm³/mol. The predicted octanol–water partition coefficient (Wildman–Crippen LogP) is -0.514. The summed E-state index contributed by atoms with van der Waals surface area (Å²) in [5.74, 6) is -0.250. The van der Waals surface area contributed by atoms with E-state index in [0.29, 0.717) is 0 Å². The van der Waals surface area contributed by atoms with Gasteiger partial charge in [-0.1, -0.05) is 13.8 Å². The molecule has 1 amide bonds. The van der Waals surface area contributed by atoms with E-state index in [1.165, 1.54) is 6.92 Å². The van der Waals surface area contributed by atoms with E-state index < -0.39 is 6.10 Å². The monoisotopic (exact) mass is 209 g/mol. The van der Waals surface area contributed by atoms with Crippen LogP contribution in [0.3, 0.4) is 0 Å². The van der Waals surface area contributed by atoms with Gasteiger partial charge in [0.05, 0.1) is 12.7 Å². The van der Waals surface area contributed by atoms with Gasteiger partial charge in [-0.2, -0.15) is 0 Å². The molecule has 5 heteroatoms. The van der Waals surface area contributed by atoms with E-state index >= 15 is 0 Å². The van der Waals surface area contributed by atoms with Crippen molar-refractivity contribution in [2.75, 3.05) is 13.2 Å². The summed E-state index contributed by atoms with van der Waals surface area (Å²) < 4.78 is 0. The zero-order chi connectivity index (χ0) is 12.1. The summed E-state index contributed by atoms with van der Waals surface area (Å²) in [6.45, 7) is 6.85. The lowest BCUT2D eigenvalue weighted by Crippen LogP contribution is -2.17. The number of carbonyl (C=O) groups is 1. The Hall–Kier alpha value is -0.650. The Morgan fingerprint density at radius 1 is 1.29 bits per heavy atom. The SMILES string of the molecule is CC(C)C(N)=O.CC(O)CO.CCO. The molecule has 0 aliphatic rings. The van der Waals surface area contributed by atoms with Crippen molar-refractivity contribution in [1.82, 2.24) is 0 Å². The topological polar surface area (TPSA) is 104 Å². The molecule has 1 unspecified atom stereocenters. The smallest absolute Gasteiger partial charge is 0.219 e. The van der Waals surface area contributed by atoms with Crippen molar-refractivity contribution in [1.29, 1.82) is 0 Å². The van der Waals surface area contributed by atoms with Gasteiger partial charge in [0.15, 0.2) is 0 Å². The molecule has 0 radical (unpaired) electrons. The Morgan fingerprint density at radius 2 is 1.43 bits per heavy atom. The van der Waals surface area contributed by atoms with Crippen LogP contribution < -0.4 is 5.73 Å². The summed E-state index contributed by atoms with van der Waals surface area (Å²) in [7, 11) is 0. The third kappa shape index (κ3) is 42.5. The highest BCUT2D eigenvalue weighted by Crippen LogP contribution is 1.84. The van der Waals surface area contributed by atoms with Crippen molar-refractivity contribution < 1.29 is 20.1 Å². The molecule has 0 aromatic carbocycles. The lowest BCUT2D eigenvalue weighted by molar-refractivity contribution is -0.120. The number of nitrogens with two attached hydrogens (primary N) is 1. The van der Waals surface area contributed by atoms with Gasteiger partial charge in [0.2, 0.25) is 5.91 Å². The molecule has 0 aromatic rings. The normalized spacial score (nSPS) is 10.6. The van der Waals surface area contributed by atoms with Gasteiger partial charge in [0.1, 0.15) is 0 Å². The second-order valence-corrected chi connectivity index (χ2v) is 2.90. The van der Waals surface area contributed by atoms with E-state index in [1.807, 2.05) is 0 Å². The van der Waals surface area contributed by atoms with E-state index in [4.69, 9.17) is 21.1 Å². The summed E-state index contributed by atoms with van der Waals surface area (Å²) >= 11 is 0. The Kier molecular flexibility index (Phi) is 20.2. The van der Waals surface area contributed by atoms with Crippen LogP contribution in [0.5, 0.6) is 0 Å². The molecule has 0 spiro atoms. The van der Waals surface area contributed by atoms with Crippen molar-refractivity contribution in [3.63, 3.8) is 0 Å². The summed E-state index contributed by atoms with van der Waals surface area (Å²) in [5.41, 5.74) is 4.80. The standard InChI is InChI=1S/C4H9NO.C3H8O2.C2H6O/c1-3(2)4(5)6;1-3(5)2-4;1-2-3/h3H,1-2H3,(H2,5,6);3-5H,2H2,1H3;3H,2H2,1H3. The molecule has 88 valence electrons. The van der Waals surface area contributed by atoms with Gasteiger partial charge >= 0.3 is 0 Å². The third-order valence-electron chi connectivity index (χ3n) is 0.833. The van der Waals surface area contributed by atoms with E-state index in [-0.39, 0.29) is 25.0 Å². The molecule has 0 aliphatic heterocycles. The van der Waals surface area contributed by atoms with Crippen molar-refractivity contribution in [2.45, 2.75) is 33.8 Å². The minimum atomic E-state index is -0.560. The van der Waals surface area contributed by atoms with Crippen LogP contribution in [0.1, 0.15) is 27.7 Å². The van der Waals surface area contributed by atoms with Crippen molar-refractivity contribution in [3.05, 3.63) is 0 Å². The minimum absolute atomic E-state index is 0.00926. The molecule has 0 bridgehead atoms. The first-order valence-corrected chi connectivity index (χ1v) is 4.52. The number of primary amides is 1. The van der Waals surface area contributed by atoms with Gasteiger partial charge in [-0.05, 0) is 13.8 Å². The van der Waals surface area contributed by atoms with Crippen LogP contribution in [0.25, 0.3) is 0 Å². The van der Waals surface area contributed by atoms with Crippen molar-refractivity contribution in [3.8, 4) is 0 Å². The summed E-state index contributed by atoms with van der Waals surface area (Å²) in [4.78, 5) is 9.92. The van der Waals surface area contributed by atoms with Crippen LogP contribution in [-0.4, -0.2) is 40.5 Å². The lowest BCUT2D eigenvalue weighted by Gasteiger charge is -1.90. The summed E-state index contributed by atoms with van der Waals surface area (Å²) in [6, 6.07) is 0. The Labute approximate surface area is 85.6 Å². The lowest BCUT2D eigenvalue weighted by atomic mass is 10.2. The third-order valence-corrected chi connectivity index (χ3v) is 0.833. The van der Waals surface area contributed by atoms with Crippen LogP contribution in [-0.2, 0) is 4.79 Å². The van der Waals surface area contributed by atoms with Crippen LogP contribution in [0.2, 0.25) is 0 Å². The second-order valence-electron chi connectivity index (χ2n) is 2.90. The molecular formula is C9H23NO4. The Morgan fingerprint density at radius 3 is 1.43 bits per heavy atom. The molecule has 0 fully saturated rings. The van der Waals surface area contributed by atoms with Crippen molar-refractivity contribution >= 4 is 5.91 Å². The fourth-order valence-corrected chi connectivity index (χ4v) is 0. The highest BCUT2D eigenvalue weighted by atomic mass is 16.3. The Bertz CT molecular complexity index is 115. The van der Waals surface area contributed by atoms with E-state index in [2.05, 4.69) is 0 Å². The number of hydrogen-bond acceptors (Lipinski definition) is 4. The number of rotatable bonds is 2. The number of hydrogen-bond donors (Lipinski definition) is 4. The molecule has 5 nitrogen and oxygen atoms in total. The average molecular weight is 209 g/mol. The highest BCUT2D eigenvalue weighted by molar-refractivity contribution is 5.75. The van der Waals surface area contributed by atoms with Crippen LogP contribution >= 0.6 is 0 Å². The number of carbonyl (C=O) groups excluding carboxylic acids is 1. The fraction of sp³-hybridized carbons (Fsp3) is 0.889. The Balaban J connectivity index is -0.000000138. The first kappa shape index (κ1) is 19.0. The van der Waals surface area contributed by atoms with Gasteiger partial charge in [-0.25, -0.2) is 0 Å². The highest BCUT2D eigenvalue weighted by Gasteiger charge is 1.96. The molecule has 0 rings (SSSR count). The van der Waals surface area contributed by atoms with Gasteiger partial charge in [0, 0.05) is 12.5 Å². The quantitative estimate of drug-likeness (QED) is 0.491. The average Bonchev–Trinajstić information content (AvgIpc) is 2.06. The van der Waals surface area contributed by atoms with Crippen molar-refractivity contribution in [2.24, 2.45) is 11.7 Å². The van der Waals surface area contributed by atoms with Gasteiger partial charge < -0.3 is 21.1 Å². The maximum Gasteiger partial charge on any atom is 0.219 e. The molecule has 1 atom stereocenters. The molecule has 0 saturated heterocycles. The molecular weight excluding hydrogens is 186 g/mol. The van der Waals surface area contributed by atoms with Crippen LogP contribution in [0.4, 0.5) is 0 Å². The van der Waals surface area contributed by atoms with E-state index in [0.717, 1.165) is 0 Å². The molecule has 0 saturated carbocycles. The van der Waals surface area contributed by atoms with E-state index in [9.17, 15) is 4.79 Å². The maximum atomic E-state index is 9.92. The molecule has 5 N–H and O–H groups in total. The number of aliphatic hydroxyl groups excluding tert-OH is 3. The first-order valence-electron chi connectivity index (χ1n) is 4.52. The largest absolute Gasteiger partial charge is 0.397 e.